The molecule has 27 heavy (non-hydrogen) atoms. The second-order valence-electron chi connectivity index (χ2n) is 6.66. The normalized spacial score (nSPS) is 15.0. The van der Waals surface area contributed by atoms with E-state index in [1.54, 1.807) is 12.4 Å². The van der Waals surface area contributed by atoms with Gasteiger partial charge in [0.1, 0.15) is 0 Å². The number of rotatable bonds is 5. The largest absolute Gasteiger partial charge is 0.351 e. The van der Waals surface area contributed by atoms with Gasteiger partial charge in [0, 0.05) is 62.6 Å². The molecule has 0 saturated carbocycles. The predicted molar refractivity (Wildman–Crippen MR) is 107 cm³/mol. The average Bonchev–Trinajstić information content (AvgIpc) is 2.74. The van der Waals surface area contributed by atoms with Crippen molar-refractivity contribution in [1.29, 1.82) is 0 Å². The van der Waals surface area contributed by atoms with Crippen molar-refractivity contribution in [3.05, 3.63) is 60.4 Å². The summed E-state index contributed by atoms with van der Waals surface area (Å²) in [5, 5.41) is 7.29. The number of benzene rings is 1. The van der Waals surface area contributed by atoms with Crippen molar-refractivity contribution in [2.45, 2.75) is 0 Å². The number of nitrogens with zero attached hydrogens (tertiary/aromatic N) is 3. The summed E-state index contributed by atoms with van der Waals surface area (Å²) in [4.78, 5) is 24.0. The van der Waals surface area contributed by atoms with Gasteiger partial charge in [0.15, 0.2) is 0 Å². The summed E-state index contributed by atoms with van der Waals surface area (Å²) in [5.41, 5.74) is 3.21. The molecule has 0 bridgehead atoms. The summed E-state index contributed by atoms with van der Waals surface area (Å²) in [6.07, 6.45) is 3.47. The number of aromatic nitrogens is 2. The van der Waals surface area contributed by atoms with E-state index in [-0.39, 0.29) is 5.91 Å². The Balaban J connectivity index is 1.56. The molecule has 6 nitrogen and oxygen atoms in total. The van der Waals surface area contributed by atoms with Crippen molar-refractivity contribution in [2.24, 2.45) is 0 Å². The van der Waals surface area contributed by atoms with E-state index in [0.29, 0.717) is 12.1 Å². The zero-order chi connectivity index (χ0) is 18.5. The molecule has 138 valence electrons. The van der Waals surface area contributed by atoms with Crippen LogP contribution in [0.5, 0.6) is 0 Å². The molecular formula is C21H23N5O. The van der Waals surface area contributed by atoms with Gasteiger partial charge < -0.3 is 10.6 Å². The van der Waals surface area contributed by atoms with Crippen LogP contribution in [0.25, 0.3) is 22.2 Å². The minimum atomic E-state index is -0.0564. The van der Waals surface area contributed by atoms with Crippen LogP contribution in [0.1, 0.15) is 10.4 Å². The van der Waals surface area contributed by atoms with Crippen molar-refractivity contribution in [3.63, 3.8) is 0 Å². The number of nitrogens with one attached hydrogen (secondary N) is 2. The number of hydrogen-bond acceptors (Lipinski definition) is 5. The third-order valence-corrected chi connectivity index (χ3v) is 4.86. The van der Waals surface area contributed by atoms with Crippen LogP contribution in [-0.4, -0.2) is 60.0 Å². The van der Waals surface area contributed by atoms with Crippen LogP contribution < -0.4 is 10.6 Å². The van der Waals surface area contributed by atoms with E-state index in [1.807, 2.05) is 42.5 Å². The Bertz CT molecular complexity index is 922. The smallest absolute Gasteiger partial charge is 0.252 e. The first-order valence-corrected chi connectivity index (χ1v) is 9.33. The van der Waals surface area contributed by atoms with Gasteiger partial charge in [0.25, 0.3) is 5.91 Å². The van der Waals surface area contributed by atoms with E-state index in [4.69, 9.17) is 4.98 Å². The summed E-state index contributed by atoms with van der Waals surface area (Å²) in [6.45, 7) is 5.59. The molecule has 1 amide bonds. The highest BCUT2D eigenvalue weighted by Crippen LogP contribution is 2.24. The molecule has 2 aromatic heterocycles. The molecule has 1 aromatic carbocycles. The van der Waals surface area contributed by atoms with Crippen LogP contribution in [0.2, 0.25) is 0 Å². The Labute approximate surface area is 158 Å². The summed E-state index contributed by atoms with van der Waals surface area (Å²) in [5.74, 6) is -0.0564. The SMILES string of the molecule is O=C(NCCN1CCNCC1)c1cc(-c2ccncc2)nc2ccccc12. The van der Waals surface area contributed by atoms with Crippen LogP contribution in [0.3, 0.4) is 0 Å². The maximum atomic E-state index is 12.9. The van der Waals surface area contributed by atoms with Gasteiger partial charge in [-0.05, 0) is 24.3 Å². The van der Waals surface area contributed by atoms with Gasteiger partial charge in [-0.1, -0.05) is 18.2 Å². The molecule has 1 saturated heterocycles. The molecule has 0 aliphatic carbocycles. The van der Waals surface area contributed by atoms with Crippen LogP contribution in [0.15, 0.2) is 54.9 Å². The van der Waals surface area contributed by atoms with Crippen molar-refractivity contribution in [1.82, 2.24) is 25.5 Å². The fourth-order valence-electron chi connectivity index (χ4n) is 3.39. The first-order chi connectivity index (χ1) is 13.3. The quantitative estimate of drug-likeness (QED) is 0.727. The van der Waals surface area contributed by atoms with E-state index >= 15 is 0 Å². The summed E-state index contributed by atoms with van der Waals surface area (Å²) < 4.78 is 0. The lowest BCUT2D eigenvalue weighted by atomic mass is 10.0. The molecule has 0 unspecified atom stereocenters. The third-order valence-electron chi connectivity index (χ3n) is 4.86. The summed E-state index contributed by atoms with van der Waals surface area (Å²) in [6, 6.07) is 13.5. The summed E-state index contributed by atoms with van der Waals surface area (Å²) in [7, 11) is 0. The number of fused-ring (bicyclic) bond motifs is 1. The molecule has 0 radical (unpaired) electrons. The topological polar surface area (TPSA) is 70.2 Å². The number of carbonyl (C=O) groups is 1. The molecule has 0 atom stereocenters. The number of hydrogen-bond donors (Lipinski definition) is 2. The van der Waals surface area contributed by atoms with E-state index in [2.05, 4.69) is 20.5 Å². The molecule has 4 rings (SSSR count). The van der Waals surface area contributed by atoms with Gasteiger partial charge in [-0.25, -0.2) is 4.98 Å². The molecule has 3 heterocycles. The fourth-order valence-corrected chi connectivity index (χ4v) is 3.39. The first kappa shape index (κ1) is 17.6. The minimum absolute atomic E-state index is 0.0564. The van der Waals surface area contributed by atoms with Crippen LogP contribution >= 0.6 is 0 Å². The molecule has 2 N–H and O–H groups in total. The molecule has 3 aromatic rings. The van der Waals surface area contributed by atoms with Crippen LogP contribution in [0.4, 0.5) is 0 Å². The molecule has 6 heteroatoms. The zero-order valence-electron chi connectivity index (χ0n) is 15.2. The van der Waals surface area contributed by atoms with Gasteiger partial charge >= 0.3 is 0 Å². The standard InChI is InChI=1S/C21H23N5O/c27-21(24-11-14-26-12-9-23-10-13-26)18-15-20(16-5-7-22-8-6-16)25-19-4-2-1-3-17(18)19/h1-8,15,23H,9-14H2,(H,24,27). The van der Waals surface area contributed by atoms with Gasteiger partial charge in [0.05, 0.1) is 16.8 Å². The van der Waals surface area contributed by atoms with Crippen molar-refractivity contribution in [3.8, 4) is 11.3 Å². The van der Waals surface area contributed by atoms with Crippen molar-refractivity contribution < 1.29 is 4.79 Å². The lowest BCUT2D eigenvalue weighted by molar-refractivity contribution is 0.0949. The number of carbonyl (C=O) groups excluding carboxylic acids is 1. The number of pyridine rings is 2. The van der Waals surface area contributed by atoms with Crippen LogP contribution in [0, 0.1) is 0 Å². The van der Waals surface area contributed by atoms with Gasteiger partial charge in [-0.2, -0.15) is 0 Å². The maximum Gasteiger partial charge on any atom is 0.252 e. The molecular weight excluding hydrogens is 338 g/mol. The highest BCUT2D eigenvalue weighted by Gasteiger charge is 2.15. The van der Waals surface area contributed by atoms with E-state index in [9.17, 15) is 4.79 Å². The molecule has 1 fully saturated rings. The van der Waals surface area contributed by atoms with Gasteiger partial charge in [-0.15, -0.1) is 0 Å². The van der Waals surface area contributed by atoms with E-state index < -0.39 is 0 Å². The predicted octanol–water partition coefficient (Wildman–Crippen LogP) is 1.93. The zero-order valence-corrected chi connectivity index (χ0v) is 15.2. The minimum Gasteiger partial charge on any atom is -0.351 e. The fraction of sp³-hybridized carbons (Fsp3) is 0.286. The number of para-hydroxylation sites is 1. The Morgan fingerprint density at radius 2 is 1.89 bits per heavy atom. The Hall–Kier alpha value is -2.83. The lowest BCUT2D eigenvalue weighted by Crippen LogP contribution is -2.46. The third kappa shape index (κ3) is 4.13. The van der Waals surface area contributed by atoms with Gasteiger partial charge in [0.2, 0.25) is 0 Å². The summed E-state index contributed by atoms with van der Waals surface area (Å²) >= 11 is 0. The second kappa shape index (κ2) is 8.24. The molecule has 0 spiro atoms. The molecule has 1 aliphatic heterocycles. The van der Waals surface area contributed by atoms with E-state index in [0.717, 1.165) is 54.9 Å². The van der Waals surface area contributed by atoms with Crippen LogP contribution in [-0.2, 0) is 0 Å². The highest BCUT2D eigenvalue weighted by molar-refractivity contribution is 6.07. The van der Waals surface area contributed by atoms with Gasteiger partial charge in [-0.3, -0.25) is 14.7 Å². The highest BCUT2D eigenvalue weighted by atomic mass is 16.1. The lowest BCUT2D eigenvalue weighted by Gasteiger charge is -2.27. The average molecular weight is 361 g/mol. The molecule has 1 aliphatic rings. The monoisotopic (exact) mass is 361 g/mol. The first-order valence-electron chi connectivity index (χ1n) is 9.33. The Kier molecular flexibility index (Phi) is 5.37. The number of amides is 1. The second-order valence-corrected chi connectivity index (χ2v) is 6.66. The Morgan fingerprint density at radius 3 is 2.70 bits per heavy atom. The van der Waals surface area contributed by atoms with Crippen molar-refractivity contribution >= 4 is 16.8 Å². The van der Waals surface area contributed by atoms with E-state index in [1.165, 1.54) is 0 Å². The van der Waals surface area contributed by atoms with Crippen molar-refractivity contribution in [2.75, 3.05) is 39.3 Å². The Morgan fingerprint density at radius 1 is 1.11 bits per heavy atom. The number of piperazine rings is 1. The maximum absolute atomic E-state index is 12.9.